The minimum absolute atomic E-state index is 0.109. The van der Waals surface area contributed by atoms with Crippen molar-refractivity contribution in [1.29, 1.82) is 0 Å². The van der Waals surface area contributed by atoms with E-state index in [4.69, 9.17) is 0 Å². The first-order valence-electron chi connectivity index (χ1n) is 10.2. The van der Waals surface area contributed by atoms with E-state index in [0.717, 1.165) is 43.8 Å². The molecule has 3 nitrogen and oxygen atoms in total. The minimum Gasteiger partial charge on any atom is -0.337 e. The number of nitrogens with zero attached hydrogens (tertiary/aromatic N) is 3. The van der Waals surface area contributed by atoms with E-state index in [1.807, 2.05) is 18.2 Å². The fourth-order valence-electron chi connectivity index (χ4n) is 4.08. The van der Waals surface area contributed by atoms with Crippen LogP contribution in [0.1, 0.15) is 24.0 Å². The lowest BCUT2D eigenvalue weighted by Crippen LogP contribution is -2.43. The largest absolute Gasteiger partial charge is 0.416 e. The van der Waals surface area contributed by atoms with Crippen molar-refractivity contribution in [3.05, 3.63) is 90.0 Å². The molecule has 162 valence electrons. The summed E-state index contributed by atoms with van der Waals surface area (Å²) in [5.74, 6) is -0.202. The maximum Gasteiger partial charge on any atom is 0.416 e. The molecule has 0 bridgehead atoms. The summed E-state index contributed by atoms with van der Waals surface area (Å²) < 4.78 is 53.0. The molecule has 1 aliphatic heterocycles. The fraction of sp³-hybridized carbons (Fsp3) is 0.292. The lowest BCUT2D eigenvalue weighted by atomic mass is 10.0. The second kappa shape index (κ2) is 9.06. The standard InChI is InChI=1S/C24H23F4N3/c25-23-6-2-1-4-18(23)17-30-14-11-21(12-15-30)31(22-5-3-13-29-16-22)20-9-7-19(8-10-20)24(26,27)28/h1-10,13,16,21H,11-12,14-15,17H2. The highest BCUT2D eigenvalue weighted by atomic mass is 19.4. The molecule has 0 atom stereocenters. The molecule has 7 heteroatoms. The third-order valence-corrected chi connectivity index (χ3v) is 5.67. The van der Waals surface area contributed by atoms with Crippen molar-refractivity contribution in [2.75, 3.05) is 18.0 Å². The molecule has 0 saturated carbocycles. The minimum atomic E-state index is -4.37. The number of hydrogen-bond donors (Lipinski definition) is 0. The highest BCUT2D eigenvalue weighted by Crippen LogP contribution is 2.35. The summed E-state index contributed by atoms with van der Waals surface area (Å²) >= 11 is 0. The van der Waals surface area contributed by atoms with Gasteiger partial charge in [0.1, 0.15) is 5.82 Å². The molecule has 0 unspecified atom stereocenters. The molecular formula is C24H23F4N3. The Labute approximate surface area is 178 Å². The SMILES string of the molecule is Fc1ccccc1CN1CCC(N(c2ccc(C(F)(F)F)cc2)c2cccnc2)CC1. The number of aromatic nitrogens is 1. The van der Waals surface area contributed by atoms with Gasteiger partial charge in [-0.05, 0) is 55.3 Å². The monoisotopic (exact) mass is 429 g/mol. The molecule has 1 fully saturated rings. The predicted molar refractivity (Wildman–Crippen MR) is 113 cm³/mol. The first kappa shape index (κ1) is 21.3. The molecule has 0 spiro atoms. The van der Waals surface area contributed by atoms with Crippen LogP contribution in [0.25, 0.3) is 0 Å². The number of hydrogen-bond acceptors (Lipinski definition) is 3. The molecule has 0 amide bonds. The Hall–Kier alpha value is -2.93. The van der Waals surface area contributed by atoms with Gasteiger partial charge in [-0.15, -0.1) is 0 Å². The van der Waals surface area contributed by atoms with Crippen molar-refractivity contribution in [3.8, 4) is 0 Å². The van der Waals surface area contributed by atoms with E-state index in [1.165, 1.54) is 18.2 Å². The highest BCUT2D eigenvalue weighted by Gasteiger charge is 2.31. The lowest BCUT2D eigenvalue weighted by Gasteiger charge is -2.40. The average molecular weight is 429 g/mol. The zero-order chi connectivity index (χ0) is 21.8. The van der Waals surface area contributed by atoms with Gasteiger partial charge in [-0.3, -0.25) is 9.88 Å². The third kappa shape index (κ3) is 5.05. The summed E-state index contributed by atoms with van der Waals surface area (Å²) in [6.45, 7) is 2.10. The smallest absolute Gasteiger partial charge is 0.337 e. The molecule has 2 aromatic carbocycles. The van der Waals surface area contributed by atoms with Gasteiger partial charge in [-0.2, -0.15) is 13.2 Å². The molecule has 0 aliphatic carbocycles. The maximum atomic E-state index is 14.0. The van der Waals surface area contributed by atoms with Gasteiger partial charge in [0, 0.05) is 43.1 Å². The Morgan fingerprint density at radius 3 is 2.23 bits per heavy atom. The molecule has 0 N–H and O–H groups in total. The van der Waals surface area contributed by atoms with E-state index < -0.39 is 11.7 Å². The van der Waals surface area contributed by atoms with E-state index in [-0.39, 0.29) is 11.9 Å². The van der Waals surface area contributed by atoms with Crippen molar-refractivity contribution in [2.24, 2.45) is 0 Å². The molecule has 3 aromatic rings. The summed E-state index contributed by atoms with van der Waals surface area (Å²) in [6, 6.07) is 15.9. The second-order valence-corrected chi connectivity index (χ2v) is 7.72. The van der Waals surface area contributed by atoms with Gasteiger partial charge in [0.15, 0.2) is 0 Å². The summed E-state index contributed by atoms with van der Waals surface area (Å²) in [6.07, 6.45) is 0.652. The summed E-state index contributed by atoms with van der Waals surface area (Å²) in [5, 5.41) is 0. The van der Waals surface area contributed by atoms with Crippen molar-refractivity contribution in [2.45, 2.75) is 31.6 Å². The van der Waals surface area contributed by atoms with E-state index in [9.17, 15) is 17.6 Å². The van der Waals surface area contributed by atoms with Crippen LogP contribution in [0.15, 0.2) is 73.1 Å². The molecule has 2 heterocycles. The zero-order valence-corrected chi connectivity index (χ0v) is 16.9. The van der Waals surface area contributed by atoms with Crippen LogP contribution in [0, 0.1) is 5.82 Å². The molecule has 1 saturated heterocycles. The highest BCUT2D eigenvalue weighted by molar-refractivity contribution is 5.63. The van der Waals surface area contributed by atoms with Crippen LogP contribution in [0.5, 0.6) is 0 Å². The quantitative estimate of drug-likeness (QED) is 0.461. The van der Waals surface area contributed by atoms with Crippen LogP contribution in [0.4, 0.5) is 28.9 Å². The summed E-state index contributed by atoms with van der Waals surface area (Å²) in [7, 11) is 0. The number of alkyl halides is 3. The molecule has 0 radical (unpaired) electrons. The van der Waals surface area contributed by atoms with Gasteiger partial charge in [0.05, 0.1) is 17.4 Å². The molecular weight excluding hydrogens is 406 g/mol. The van der Waals surface area contributed by atoms with Crippen LogP contribution >= 0.6 is 0 Å². The molecule has 4 rings (SSSR count). The van der Waals surface area contributed by atoms with Gasteiger partial charge in [-0.1, -0.05) is 18.2 Å². The Morgan fingerprint density at radius 1 is 0.903 bits per heavy atom. The maximum absolute atomic E-state index is 14.0. The van der Waals surface area contributed by atoms with Gasteiger partial charge in [0.25, 0.3) is 0 Å². The molecule has 1 aliphatic rings. The van der Waals surface area contributed by atoms with Crippen molar-refractivity contribution in [1.82, 2.24) is 9.88 Å². The van der Waals surface area contributed by atoms with Crippen LogP contribution in [0.3, 0.4) is 0 Å². The van der Waals surface area contributed by atoms with Crippen LogP contribution in [-0.4, -0.2) is 29.0 Å². The number of rotatable bonds is 5. The number of piperidine rings is 1. The van der Waals surface area contributed by atoms with E-state index in [0.29, 0.717) is 17.8 Å². The van der Waals surface area contributed by atoms with Crippen molar-refractivity contribution < 1.29 is 17.6 Å². The summed E-state index contributed by atoms with van der Waals surface area (Å²) in [5.41, 5.74) is 1.55. The zero-order valence-electron chi connectivity index (χ0n) is 16.9. The van der Waals surface area contributed by atoms with Gasteiger partial charge in [-0.25, -0.2) is 4.39 Å². The van der Waals surface area contributed by atoms with E-state index in [1.54, 1.807) is 24.5 Å². The number of likely N-dealkylation sites (tertiary alicyclic amines) is 1. The number of pyridine rings is 1. The second-order valence-electron chi connectivity index (χ2n) is 7.72. The van der Waals surface area contributed by atoms with Crippen LogP contribution < -0.4 is 4.90 Å². The third-order valence-electron chi connectivity index (χ3n) is 5.67. The summed E-state index contributed by atoms with van der Waals surface area (Å²) in [4.78, 5) is 8.46. The van der Waals surface area contributed by atoms with E-state index in [2.05, 4.69) is 14.8 Å². The molecule has 1 aromatic heterocycles. The van der Waals surface area contributed by atoms with Crippen LogP contribution in [0.2, 0.25) is 0 Å². The number of anilines is 2. The van der Waals surface area contributed by atoms with Gasteiger partial charge >= 0.3 is 6.18 Å². The Kier molecular flexibility index (Phi) is 6.23. The van der Waals surface area contributed by atoms with Gasteiger partial charge < -0.3 is 4.90 Å². The lowest BCUT2D eigenvalue weighted by molar-refractivity contribution is -0.137. The Bertz CT molecular complexity index is 982. The Morgan fingerprint density at radius 2 is 1.61 bits per heavy atom. The van der Waals surface area contributed by atoms with Crippen molar-refractivity contribution in [3.63, 3.8) is 0 Å². The van der Waals surface area contributed by atoms with Crippen molar-refractivity contribution >= 4 is 11.4 Å². The fourth-order valence-corrected chi connectivity index (χ4v) is 4.08. The number of halogens is 4. The first-order valence-corrected chi connectivity index (χ1v) is 10.2. The van der Waals surface area contributed by atoms with Gasteiger partial charge in [0.2, 0.25) is 0 Å². The molecule has 31 heavy (non-hydrogen) atoms. The topological polar surface area (TPSA) is 19.4 Å². The average Bonchev–Trinajstić information content (AvgIpc) is 2.77. The predicted octanol–water partition coefficient (Wildman–Crippen LogP) is 6.04. The van der Waals surface area contributed by atoms with E-state index >= 15 is 0 Å². The number of benzene rings is 2. The van der Waals surface area contributed by atoms with Crippen LogP contribution in [-0.2, 0) is 12.7 Å². The first-order chi connectivity index (χ1) is 14.9. The Balaban J connectivity index is 1.52. The normalized spacial score (nSPS) is 15.7.